The van der Waals surface area contributed by atoms with Crippen LogP contribution in [-0.2, 0) is 0 Å². The van der Waals surface area contributed by atoms with Crippen molar-refractivity contribution in [2.45, 2.75) is 24.8 Å². The van der Waals surface area contributed by atoms with E-state index in [1.54, 1.807) is 12.4 Å². The standard InChI is InChI=1S/C9H13ClN4/c10-7-4-12-8(13-5-7)14-9(6-11)2-1-3-9/h4-5H,1-3,6,11H2,(H,12,13,14). The number of anilines is 1. The number of nitrogens with one attached hydrogen (secondary N) is 1. The lowest BCUT2D eigenvalue weighted by atomic mass is 9.77. The summed E-state index contributed by atoms with van der Waals surface area (Å²) in [5.74, 6) is 0.611. The summed E-state index contributed by atoms with van der Waals surface area (Å²) in [6, 6.07) is 0. The third-order valence-electron chi connectivity index (χ3n) is 2.70. The SMILES string of the molecule is NCC1(Nc2ncc(Cl)cn2)CCC1. The summed E-state index contributed by atoms with van der Waals surface area (Å²) in [5.41, 5.74) is 5.72. The van der Waals surface area contributed by atoms with Crippen LogP contribution in [0.15, 0.2) is 12.4 Å². The van der Waals surface area contributed by atoms with Gasteiger partial charge in [-0.25, -0.2) is 9.97 Å². The number of nitrogens with two attached hydrogens (primary N) is 1. The van der Waals surface area contributed by atoms with Gasteiger partial charge in [0.15, 0.2) is 0 Å². The van der Waals surface area contributed by atoms with Crippen molar-refractivity contribution >= 4 is 17.5 Å². The summed E-state index contributed by atoms with van der Waals surface area (Å²) in [5, 5.41) is 3.81. The van der Waals surface area contributed by atoms with Crippen LogP contribution in [0.3, 0.4) is 0 Å². The molecular formula is C9H13ClN4. The quantitative estimate of drug-likeness (QED) is 0.796. The van der Waals surface area contributed by atoms with Gasteiger partial charge in [0.05, 0.1) is 23.0 Å². The zero-order valence-electron chi connectivity index (χ0n) is 7.83. The van der Waals surface area contributed by atoms with E-state index in [0.29, 0.717) is 17.5 Å². The fourth-order valence-corrected chi connectivity index (χ4v) is 1.70. The molecule has 0 atom stereocenters. The van der Waals surface area contributed by atoms with Crippen LogP contribution in [-0.4, -0.2) is 22.1 Å². The van der Waals surface area contributed by atoms with E-state index >= 15 is 0 Å². The maximum absolute atomic E-state index is 5.70. The monoisotopic (exact) mass is 212 g/mol. The lowest BCUT2D eigenvalue weighted by Gasteiger charge is -2.41. The largest absolute Gasteiger partial charge is 0.348 e. The van der Waals surface area contributed by atoms with Crippen molar-refractivity contribution < 1.29 is 0 Å². The van der Waals surface area contributed by atoms with Gasteiger partial charge in [0.25, 0.3) is 0 Å². The molecule has 0 saturated heterocycles. The minimum Gasteiger partial charge on any atom is -0.348 e. The van der Waals surface area contributed by atoms with Crippen molar-refractivity contribution in [3.63, 3.8) is 0 Å². The second kappa shape index (κ2) is 3.71. The average Bonchev–Trinajstić information content (AvgIpc) is 2.15. The minimum atomic E-state index is 0.0217. The fourth-order valence-electron chi connectivity index (χ4n) is 1.60. The predicted octanol–water partition coefficient (Wildman–Crippen LogP) is 1.42. The van der Waals surface area contributed by atoms with Crippen LogP contribution in [0.4, 0.5) is 5.95 Å². The highest BCUT2D eigenvalue weighted by Gasteiger charge is 2.35. The van der Waals surface area contributed by atoms with E-state index in [0.717, 1.165) is 12.8 Å². The first-order valence-electron chi connectivity index (χ1n) is 4.70. The molecule has 76 valence electrons. The van der Waals surface area contributed by atoms with E-state index in [1.165, 1.54) is 6.42 Å². The van der Waals surface area contributed by atoms with Gasteiger partial charge in [-0.1, -0.05) is 11.6 Å². The highest BCUT2D eigenvalue weighted by molar-refractivity contribution is 6.30. The van der Waals surface area contributed by atoms with Gasteiger partial charge >= 0.3 is 0 Å². The van der Waals surface area contributed by atoms with Gasteiger partial charge in [-0.05, 0) is 19.3 Å². The molecule has 0 radical (unpaired) electrons. The Morgan fingerprint density at radius 1 is 1.43 bits per heavy atom. The number of halogens is 1. The van der Waals surface area contributed by atoms with Gasteiger partial charge in [-0.15, -0.1) is 0 Å². The van der Waals surface area contributed by atoms with Gasteiger partial charge in [0.1, 0.15) is 0 Å². The normalized spacial score (nSPS) is 18.7. The first-order chi connectivity index (χ1) is 6.74. The first-order valence-corrected chi connectivity index (χ1v) is 5.08. The number of hydrogen-bond acceptors (Lipinski definition) is 4. The number of hydrogen-bond donors (Lipinski definition) is 2. The molecule has 14 heavy (non-hydrogen) atoms. The topological polar surface area (TPSA) is 63.8 Å². The maximum atomic E-state index is 5.70. The molecular weight excluding hydrogens is 200 g/mol. The number of aromatic nitrogens is 2. The molecule has 0 aromatic carbocycles. The lowest BCUT2D eigenvalue weighted by Crippen LogP contribution is -2.51. The van der Waals surface area contributed by atoms with Crippen LogP contribution in [0.25, 0.3) is 0 Å². The second-order valence-electron chi connectivity index (χ2n) is 3.69. The first kappa shape index (κ1) is 9.68. The molecule has 3 N–H and O–H groups in total. The van der Waals surface area contributed by atoms with Gasteiger partial charge in [-0.2, -0.15) is 0 Å². The Hall–Kier alpha value is -0.870. The third-order valence-corrected chi connectivity index (χ3v) is 2.89. The van der Waals surface area contributed by atoms with Crippen molar-refractivity contribution in [2.75, 3.05) is 11.9 Å². The van der Waals surface area contributed by atoms with Crippen LogP contribution >= 0.6 is 11.6 Å². The van der Waals surface area contributed by atoms with E-state index in [4.69, 9.17) is 17.3 Å². The van der Waals surface area contributed by atoms with Gasteiger partial charge in [0, 0.05) is 6.54 Å². The third kappa shape index (κ3) is 1.81. The Bertz CT molecular complexity index is 302. The zero-order valence-corrected chi connectivity index (χ0v) is 8.59. The molecule has 4 nitrogen and oxygen atoms in total. The molecule has 1 aliphatic carbocycles. The molecule has 1 fully saturated rings. The van der Waals surface area contributed by atoms with Crippen molar-refractivity contribution in [3.8, 4) is 0 Å². The van der Waals surface area contributed by atoms with Crippen LogP contribution in [0.2, 0.25) is 5.02 Å². The second-order valence-corrected chi connectivity index (χ2v) is 4.12. The maximum Gasteiger partial charge on any atom is 0.223 e. The molecule has 1 aliphatic rings. The van der Waals surface area contributed by atoms with E-state index in [9.17, 15) is 0 Å². The molecule has 1 aromatic heterocycles. The van der Waals surface area contributed by atoms with Crippen molar-refractivity contribution in [1.82, 2.24) is 9.97 Å². The molecule has 0 amide bonds. The Morgan fingerprint density at radius 3 is 2.50 bits per heavy atom. The minimum absolute atomic E-state index is 0.0217. The predicted molar refractivity (Wildman–Crippen MR) is 56.3 cm³/mol. The van der Waals surface area contributed by atoms with E-state index in [1.807, 2.05) is 0 Å². The number of rotatable bonds is 3. The van der Waals surface area contributed by atoms with E-state index < -0.39 is 0 Å². The molecule has 0 bridgehead atoms. The molecule has 0 spiro atoms. The van der Waals surface area contributed by atoms with Gasteiger partial charge < -0.3 is 11.1 Å². The molecule has 1 heterocycles. The fraction of sp³-hybridized carbons (Fsp3) is 0.556. The molecule has 5 heteroatoms. The summed E-state index contributed by atoms with van der Waals surface area (Å²) in [4.78, 5) is 8.17. The van der Waals surface area contributed by atoms with Crippen molar-refractivity contribution in [3.05, 3.63) is 17.4 Å². The Labute approximate surface area is 87.9 Å². The summed E-state index contributed by atoms with van der Waals surface area (Å²) in [6.45, 7) is 0.624. The Balaban J connectivity index is 2.06. The van der Waals surface area contributed by atoms with Crippen molar-refractivity contribution in [1.29, 1.82) is 0 Å². The Kier molecular flexibility index (Phi) is 2.56. The summed E-state index contributed by atoms with van der Waals surface area (Å²) in [6.07, 6.45) is 6.57. The Morgan fingerprint density at radius 2 is 2.07 bits per heavy atom. The number of nitrogens with zero attached hydrogens (tertiary/aromatic N) is 2. The summed E-state index contributed by atoms with van der Waals surface area (Å²) >= 11 is 5.69. The van der Waals surface area contributed by atoms with E-state index in [-0.39, 0.29) is 5.54 Å². The van der Waals surface area contributed by atoms with Gasteiger partial charge in [-0.3, -0.25) is 0 Å². The average molecular weight is 213 g/mol. The van der Waals surface area contributed by atoms with Gasteiger partial charge in [0.2, 0.25) is 5.95 Å². The molecule has 2 rings (SSSR count). The summed E-state index contributed by atoms with van der Waals surface area (Å²) in [7, 11) is 0. The molecule has 1 saturated carbocycles. The van der Waals surface area contributed by atoms with Crippen LogP contribution in [0, 0.1) is 0 Å². The smallest absolute Gasteiger partial charge is 0.223 e. The summed E-state index contributed by atoms with van der Waals surface area (Å²) < 4.78 is 0. The van der Waals surface area contributed by atoms with Crippen LogP contribution in [0.5, 0.6) is 0 Å². The van der Waals surface area contributed by atoms with E-state index in [2.05, 4.69) is 15.3 Å². The molecule has 1 aromatic rings. The molecule has 0 aliphatic heterocycles. The van der Waals surface area contributed by atoms with Crippen molar-refractivity contribution in [2.24, 2.45) is 5.73 Å². The van der Waals surface area contributed by atoms with Crippen LogP contribution in [0.1, 0.15) is 19.3 Å². The lowest BCUT2D eigenvalue weighted by molar-refractivity contribution is 0.285. The molecule has 0 unspecified atom stereocenters. The zero-order chi connectivity index (χ0) is 10.0. The highest BCUT2D eigenvalue weighted by Crippen LogP contribution is 2.33. The van der Waals surface area contributed by atoms with Crippen LogP contribution < -0.4 is 11.1 Å². The highest BCUT2D eigenvalue weighted by atomic mass is 35.5.